The topological polar surface area (TPSA) is 76.7 Å². The van der Waals surface area contributed by atoms with Crippen molar-refractivity contribution in [1.29, 1.82) is 0 Å². The van der Waals surface area contributed by atoms with E-state index in [1.54, 1.807) is 18.2 Å². The van der Waals surface area contributed by atoms with Gasteiger partial charge in [-0.3, -0.25) is 9.59 Å². The average Bonchev–Trinajstić information content (AvgIpc) is 3.09. The summed E-state index contributed by atoms with van der Waals surface area (Å²) in [5.74, 6) is 0.429. The molecule has 3 aromatic rings. The van der Waals surface area contributed by atoms with E-state index in [1.165, 1.54) is 12.3 Å². The van der Waals surface area contributed by atoms with E-state index in [2.05, 4.69) is 0 Å². The zero-order chi connectivity index (χ0) is 16.9. The Balaban J connectivity index is 1.88. The number of rotatable bonds is 6. The van der Waals surface area contributed by atoms with Crippen molar-refractivity contribution < 1.29 is 23.8 Å². The molecule has 0 amide bonds. The Morgan fingerprint density at radius 3 is 2.62 bits per heavy atom. The Hall–Kier alpha value is -3.34. The van der Waals surface area contributed by atoms with E-state index >= 15 is 0 Å². The van der Waals surface area contributed by atoms with Gasteiger partial charge in [0.25, 0.3) is 0 Å². The second kappa shape index (κ2) is 6.83. The number of benzene rings is 2. The molecule has 0 saturated carbocycles. The van der Waals surface area contributed by atoms with Crippen molar-refractivity contribution in [1.82, 2.24) is 0 Å². The summed E-state index contributed by atoms with van der Waals surface area (Å²) in [6.07, 6.45) is 2.71. The van der Waals surface area contributed by atoms with Crippen LogP contribution in [0.3, 0.4) is 0 Å². The molecule has 24 heavy (non-hydrogen) atoms. The summed E-state index contributed by atoms with van der Waals surface area (Å²) in [5, 5.41) is 9.69. The Morgan fingerprint density at radius 1 is 1.04 bits per heavy atom. The van der Waals surface area contributed by atoms with Gasteiger partial charge in [0.15, 0.2) is 18.3 Å². The van der Waals surface area contributed by atoms with Crippen LogP contribution in [0.4, 0.5) is 0 Å². The number of aromatic hydroxyl groups is 1. The van der Waals surface area contributed by atoms with Crippen LogP contribution < -0.4 is 4.74 Å². The van der Waals surface area contributed by atoms with Gasteiger partial charge >= 0.3 is 0 Å². The normalized spacial score (nSPS) is 10.3. The summed E-state index contributed by atoms with van der Waals surface area (Å²) in [6, 6.07) is 13.8. The third-order valence-electron chi connectivity index (χ3n) is 3.61. The fourth-order valence-electron chi connectivity index (χ4n) is 2.42. The molecule has 0 spiro atoms. The molecule has 1 aromatic heterocycles. The molecule has 0 radical (unpaired) electrons. The SMILES string of the molecule is O=Cc1cc(-c2ccccc2COc2cccc(O)c2C=O)co1. The van der Waals surface area contributed by atoms with Crippen LogP contribution in [0.15, 0.2) is 59.2 Å². The van der Waals surface area contributed by atoms with Gasteiger partial charge in [0, 0.05) is 5.56 Å². The third-order valence-corrected chi connectivity index (χ3v) is 3.61. The van der Waals surface area contributed by atoms with E-state index in [-0.39, 0.29) is 23.7 Å². The van der Waals surface area contributed by atoms with Gasteiger partial charge in [-0.2, -0.15) is 0 Å². The van der Waals surface area contributed by atoms with E-state index in [9.17, 15) is 14.7 Å². The molecule has 0 fully saturated rings. The summed E-state index contributed by atoms with van der Waals surface area (Å²) in [7, 11) is 0. The molecule has 0 aliphatic rings. The van der Waals surface area contributed by atoms with Crippen LogP contribution in [-0.4, -0.2) is 17.7 Å². The maximum absolute atomic E-state index is 11.1. The summed E-state index contributed by atoms with van der Waals surface area (Å²) in [4.78, 5) is 21.9. The molecule has 1 heterocycles. The summed E-state index contributed by atoms with van der Waals surface area (Å²) in [6.45, 7) is 0.196. The first kappa shape index (κ1) is 15.6. The summed E-state index contributed by atoms with van der Waals surface area (Å²) < 4.78 is 10.8. The van der Waals surface area contributed by atoms with Crippen LogP contribution in [0, 0.1) is 0 Å². The predicted octanol–water partition coefficient (Wildman–Crippen LogP) is 3.86. The maximum atomic E-state index is 11.1. The number of hydrogen-bond acceptors (Lipinski definition) is 5. The molecule has 0 unspecified atom stereocenters. The van der Waals surface area contributed by atoms with Crippen LogP contribution in [0.5, 0.6) is 11.5 Å². The molecule has 0 aliphatic heterocycles. The summed E-state index contributed by atoms with van der Waals surface area (Å²) >= 11 is 0. The number of aldehydes is 2. The van der Waals surface area contributed by atoms with Gasteiger partial charge in [-0.25, -0.2) is 0 Å². The standard InChI is InChI=1S/C19H14O5/c20-9-15-8-14(12-23-15)16-5-2-1-4-13(16)11-24-19-7-3-6-18(22)17(19)10-21/h1-10,12,22H,11H2. The average molecular weight is 322 g/mol. The Kier molecular flexibility index (Phi) is 4.43. The highest BCUT2D eigenvalue weighted by molar-refractivity contribution is 5.83. The fraction of sp³-hybridized carbons (Fsp3) is 0.0526. The minimum atomic E-state index is -0.124. The van der Waals surface area contributed by atoms with E-state index in [1.807, 2.05) is 24.3 Å². The monoisotopic (exact) mass is 322 g/mol. The molecule has 3 rings (SSSR count). The largest absolute Gasteiger partial charge is 0.507 e. The molecule has 1 N–H and O–H groups in total. The quantitative estimate of drug-likeness (QED) is 0.697. The highest BCUT2D eigenvalue weighted by Gasteiger charge is 2.11. The van der Waals surface area contributed by atoms with Crippen molar-refractivity contribution in [2.75, 3.05) is 0 Å². The molecular formula is C19H14O5. The number of phenols is 1. The molecule has 0 bridgehead atoms. The second-order valence-electron chi connectivity index (χ2n) is 5.11. The molecular weight excluding hydrogens is 308 g/mol. The molecule has 0 saturated heterocycles. The number of hydrogen-bond donors (Lipinski definition) is 1. The third kappa shape index (κ3) is 3.05. The number of phenolic OH excluding ortho intramolecular Hbond substituents is 1. The van der Waals surface area contributed by atoms with E-state index in [4.69, 9.17) is 9.15 Å². The first-order chi connectivity index (χ1) is 11.7. The lowest BCUT2D eigenvalue weighted by Crippen LogP contribution is -2.00. The number of carbonyl (C=O) groups is 2. The lowest BCUT2D eigenvalue weighted by atomic mass is 10.0. The van der Waals surface area contributed by atoms with Gasteiger partial charge in [0.1, 0.15) is 18.1 Å². The van der Waals surface area contributed by atoms with E-state index in [0.29, 0.717) is 18.3 Å². The Labute approximate surface area is 138 Å². The fourth-order valence-corrected chi connectivity index (χ4v) is 2.42. The second-order valence-corrected chi connectivity index (χ2v) is 5.11. The highest BCUT2D eigenvalue weighted by Crippen LogP contribution is 2.29. The Morgan fingerprint density at radius 2 is 1.88 bits per heavy atom. The predicted molar refractivity (Wildman–Crippen MR) is 87.4 cm³/mol. The first-order valence-electron chi connectivity index (χ1n) is 7.25. The first-order valence-corrected chi connectivity index (χ1v) is 7.25. The van der Waals surface area contributed by atoms with Gasteiger partial charge in [0.05, 0.1) is 11.8 Å². The van der Waals surface area contributed by atoms with Crippen molar-refractivity contribution >= 4 is 12.6 Å². The molecule has 5 nitrogen and oxygen atoms in total. The zero-order valence-electron chi connectivity index (χ0n) is 12.6. The van der Waals surface area contributed by atoms with Crippen molar-refractivity contribution in [3.05, 3.63) is 71.7 Å². The van der Waals surface area contributed by atoms with Crippen LogP contribution in [0.25, 0.3) is 11.1 Å². The minimum absolute atomic E-state index is 0.113. The number of ether oxygens (including phenoxy) is 1. The number of carbonyl (C=O) groups excluding carboxylic acids is 2. The van der Waals surface area contributed by atoms with Crippen molar-refractivity contribution in [3.63, 3.8) is 0 Å². The summed E-state index contributed by atoms with van der Waals surface area (Å²) in [5.41, 5.74) is 2.60. The van der Waals surface area contributed by atoms with Crippen LogP contribution in [0.1, 0.15) is 26.5 Å². The van der Waals surface area contributed by atoms with Gasteiger partial charge in [-0.15, -0.1) is 0 Å². The van der Waals surface area contributed by atoms with Crippen molar-refractivity contribution in [2.45, 2.75) is 6.61 Å². The maximum Gasteiger partial charge on any atom is 0.185 e. The smallest absolute Gasteiger partial charge is 0.185 e. The molecule has 0 aliphatic carbocycles. The van der Waals surface area contributed by atoms with Gasteiger partial charge < -0.3 is 14.3 Å². The van der Waals surface area contributed by atoms with Gasteiger partial charge in [-0.1, -0.05) is 30.3 Å². The molecule has 2 aromatic carbocycles. The molecule has 0 atom stereocenters. The van der Waals surface area contributed by atoms with E-state index in [0.717, 1.165) is 16.7 Å². The van der Waals surface area contributed by atoms with Crippen molar-refractivity contribution in [3.8, 4) is 22.6 Å². The lowest BCUT2D eigenvalue weighted by molar-refractivity contribution is 0.109. The molecule has 5 heteroatoms. The van der Waals surface area contributed by atoms with Gasteiger partial charge in [-0.05, 0) is 29.3 Å². The Bertz CT molecular complexity index is 879. The minimum Gasteiger partial charge on any atom is -0.507 e. The zero-order valence-corrected chi connectivity index (χ0v) is 12.6. The lowest BCUT2D eigenvalue weighted by Gasteiger charge is -2.12. The van der Waals surface area contributed by atoms with Gasteiger partial charge in [0.2, 0.25) is 0 Å². The van der Waals surface area contributed by atoms with Crippen LogP contribution in [0.2, 0.25) is 0 Å². The molecule has 120 valence electrons. The highest BCUT2D eigenvalue weighted by atomic mass is 16.5. The van der Waals surface area contributed by atoms with Crippen LogP contribution in [-0.2, 0) is 6.61 Å². The van der Waals surface area contributed by atoms with E-state index < -0.39 is 0 Å². The number of furan rings is 1. The van der Waals surface area contributed by atoms with Crippen LogP contribution >= 0.6 is 0 Å². The van der Waals surface area contributed by atoms with Crippen molar-refractivity contribution in [2.24, 2.45) is 0 Å².